The summed E-state index contributed by atoms with van der Waals surface area (Å²) in [7, 11) is -2.06. The molecule has 1 N–H and O–H groups in total. The van der Waals surface area contributed by atoms with Crippen LogP contribution in [0.15, 0.2) is 21.3 Å². The highest BCUT2D eigenvalue weighted by molar-refractivity contribution is 9.10. The molecule has 0 radical (unpaired) electrons. The van der Waals surface area contributed by atoms with Gasteiger partial charge in [-0.1, -0.05) is 16.9 Å². The molecule has 0 aliphatic heterocycles. The van der Waals surface area contributed by atoms with E-state index in [9.17, 15) is 8.42 Å². The van der Waals surface area contributed by atoms with Gasteiger partial charge in [-0.3, -0.25) is 0 Å². The Labute approximate surface area is 103 Å². The summed E-state index contributed by atoms with van der Waals surface area (Å²) in [5.74, 6) is 0. The third kappa shape index (κ3) is 3.13. The minimum atomic E-state index is -3.58. The van der Waals surface area contributed by atoms with Gasteiger partial charge in [-0.25, -0.2) is 17.8 Å². The van der Waals surface area contributed by atoms with Crippen molar-refractivity contribution in [1.82, 2.24) is 19.7 Å². The number of rotatable bonds is 4. The van der Waals surface area contributed by atoms with Gasteiger partial charge in [-0.15, -0.1) is 5.10 Å². The van der Waals surface area contributed by atoms with Crippen molar-refractivity contribution in [2.24, 2.45) is 7.05 Å². The van der Waals surface area contributed by atoms with Crippen molar-refractivity contribution in [3.8, 4) is 0 Å². The zero-order chi connectivity index (χ0) is 12.3. The molecule has 0 spiro atoms. The van der Waals surface area contributed by atoms with E-state index in [0.29, 0.717) is 0 Å². The van der Waals surface area contributed by atoms with Crippen molar-refractivity contribution in [3.05, 3.63) is 16.3 Å². The molecular weight excluding hydrogens is 296 g/mol. The van der Waals surface area contributed by atoms with Gasteiger partial charge in [0.1, 0.15) is 0 Å². The first-order valence-electron chi connectivity index (χ1n) is 4.53. The molecule has 1 heterocycles. The van der Waals surface area contributed by atoms with Crippen LogP contribution in [0.1, 0.15) is 13.8 Å². The maximum atomic E-state index is 11.8. The van der Waals surface area contributed by atoms with E-state index in [-0.39, 0.29) is 16.2 Å². The summed E-state index contributed by atoms with van der Waals surface area (Å²) in [6, 6.07) is 0. The summed E-state index contributed by atoms with van der Waals surface area (Å²) in [6.45, 7) is 4.05. The van der Waals surface area contributed by atoms with Crippen molar-refractivity contribution >= 4 is 26.0 Å². The molecule has 0 aromatic carbocycles. The molecule has 8 heteroatoms. The van der Waals surface area contributed by atoms with Gasteiger partial charge in [0.05, 0.1) is 0 Å². The average molecular weight is 309 g/mol. The Morgan fingerprint density at radius 2 is 2.19 bits per heavy atom. The number of aromatic nitrogens is 3. The summed E-state index contributed by atoms with van der Waals surface area (Å²) >= 11 is 3.04. The molecule has 1 rings (SSSR count). The molecule has 16 heavy (non-hydrogen) atoms. The molecule has 0 atom stereocenters. The molecule has 0 saturated heterocycles. The van der Waals surface area contributed by atoms with Crippen molar-refractivity contribution in [3.63, 3.8) is 0 Å². The van der Waals surface area contributed by atoms with E-state index in [1.165, 1.54) is 11.7 Å². The third-order valence-corrected chi connectivity index (χ3v) is 4.09. The molecule has 1 aromatic rings. The molecule has 0 saturated carbocycles. The second kappa shape index (κ2) is 5.07. The third-order valence-electron chi connectivity index (χ3n) is 1.78. The van der Waals surface area contributed by atoms with Crippen LogP contribution in [0.5, 0.6) is 0 Å². The van der Waals surface area contributed by atoms with E-state index in [1.807, 2.05) is 13.8 Å². The van der Waals surface area contributed by atoms with Crippen LogP contribution in [0.3, 0.4) is 0 Å². The van der Waals surface area contributed by atoms with Crippen LogP contribution < -0.4 is 4.72 Å². The second-order valence-corrected chi connectivity index (χ2v) is 5.88. The first-order valence-corrected chi connectivity index (χ1v) is 6.80. The number of hydrogen-bond donors (Lipinski definition) is 1. The number of sulfonamides is 1. The second-order valence-electron chi connectivity index (χ2n) is 3.44. The van der Waals surface area contributed by atoms with E-state index < -0.39 is 10.0 Å². The molecule has 0 amide bonds. The first-order chi connectivity index (χ1) is 7.34. The van der Waals surface area contributed by atoms with Crippen molar-refractivity contribution in [2.45, 2.75) is 18.9 Å². The molecule has 1 aromatic heterocycles. The highest BCUT2D eigenvalue weighted by Crippen LogP contribution is 2.17. The Bertz CT molecular complexity index is 483. The number of halogens is 1. The van der Waals surface area contributed by atoms with Crippen molar-refractivity contribution in [1.29, 1.82) is 0 Å². The highest BCUT2D eigenvalue weighted by Gasteiger charge is 2.22. The predicted molar refractivity (Wildman–Crippen MR) is 63.3 cm³/mol. The summed E-state index contributed by atoms with van der Waals surface area (Å²) in [6.07, 6.45) is 1.79. The van der Waals surface area contributed by atoms with E-state index in [0.717, 1.165) is 5.57 Å². The van der Waals surface area contributed by atoms with Crippen LogP contribution in [0.4, 0.5) is 0 Å². The Morgan fingerprint density at radius 3 is 2.62 bits per heavy atom. The molecule has 0 unspecified atom stereocenters. The Morgan fingerprint density at radius 1 is 1.56 bits per heavy atom. The fourth-order valence-corrected chi connectivity index (χ4v) is 3.09. The van der Waals surface area contributed by atoms with Gasteiger partial charge in [0.15, 0.2) is 4.60 Å². The molecule has 0 bridgehead atoms. The lowest BCUT2D eigenvalue weighted by atomic mass is 10.3. The van der Waals surface area contributed by atoms with Gasteiger partial charge in [0.25, 0.3) is 10.0 Å². The summed E-state index contributed by atoms with van der Waals surface area (Å²) < 4.78 is 27.5. The number of nitrogens with zero attached hydrogens (tertiary/aromatic N) is 3. The van der Waals surface area contributed by atoms with Gasteiger partial charge in [-0.05, 0) is 29.8 Å². The fourth-order valence-electron chi connectivity index (χ4n) is 1.03. The van der Waals surface area contributed by atoms with Gasteiger partial charge in [0, 0.05) is 13.6 Å². The molecule has 6 nitrogen and oxygen atoms in total. The number of nitrogens with one attached hydrogen (secondary N) is 1. The lowest BCUT2D eigenvalue weighted by Crippen LogP contribution is -2.26. The zero-order valence-corrected chi connectivity index (χ0v) is 11.6. The van der Waals surface area contributed by atoms with E-state index in [1.54, 1.807) is 6.08 Å². The zero-order valence-electron chi connectivity index (χ0n) is 9.23. The Hall–Kier alpha value is -0.730. The summed E-state index contributed by atoms with van der Waals surface area (Å²) in [5.41, 5.74) is 1.05. The van der Waals surface area contributed by atoms with Crippen LogP contribution in [-0.4, -0.2) is 30.0 Å². The summed E-state index contributed by atoms with van der Waals surface area (Å²) in [4.78, 5) is 0. The first kappa shape index (κ1) is 13.3. The van der Waals surface area contributed by atoms with Gasteiger partial charge < -0.3 is 0 Å². The normalized spacial score (nSPS) is 11.5. The standard InChI is InChI=1S/C8H13BrN4O2S/c1-6(2)4-5-10-16(14,15)8-7(9)11-12-13(8)3/h4,10H,5H2,1-3H3. The maximum absolute atomic E-state index is 11.8. The SMILES string of the molecule is CC(C)=CCNS(=O)(=O)c1c(Br)nnn1C. The minimum absolute atomic E-state index is 0.0228. The number of allylic oxidation sites excluding steroid dienone is 1. The molecule has 0 aliphatic carbocycles. The number of hydrogen-bond acceptors (Lipinski definition) is 4. The van der Waals surface area contributed by atoms with Gasteiger partial charge >= 0.3 is 0 Å². The highest BCUT2D eigenvalue weighted by atomic mass is 79.9. The van der Waals surface area contributed by atoms with E-state index in [4.69, 9.17) is 0 Å². The van der Waals surface area contributed by atoms with Crippen LogP contribution in [0.25, 0.3) is 0 Å². The smallest absolute Gasteiger partial charge is 0.235 e. The topological polar surface area (TPSA) is 76.9 Å². The van der Waals surface area contributed by atoms with E-state index >= 15 is 0 Å². The molecule has 0 fully saturated rings. The number of aryl methyl sites for hydroxylation is 1. The lowest BCUT2D eigenvalue weighted by Gasteiger charge is -2.04. The fraction of sp³-hybridized carbons (Fsp3) is 0.500. The summed E-state index contributed by atoms with van der Waals surface area (Å²) in [5, 5.41) is 7.25. The average Bonchev–Trinajstić information content (AvgIpc) is 2.45. The quantitative estimate of drug-likeness (QED) is 0.836. The van der Waals surface area contributed by atoms with Crippen molar-refractivity contribution < 1.29 is 8.42 Å². The van der Waals surface area contributed by atoms with E-state index in [2.05, 4.69) is 31.0 Å². The molecule has 90 valence electrons. The maximum Gasteiger partial charge on any atom is 0.260 e. The Kier molecular flexibility index (Phi) is 4.22. The Balaban J connectivity index is 2.91. The van der Waals surface area contributed by atoms with Gasteiger partial charge in [0.2, 0.25) is 5.03 Å². The predicted octanol–water partition coefficient (Wildman–Crippen LogP) is 0.822. The van der Waals surface area contributed by atoms with Crippen LogP contribution in [-0.2, 0) is 17.1 Å². The van der Waals surface area contributed by atoms with Crippen LogP contribution >= 0.6 is 15.9 Å². The van der Waals surface area contributed by atoms with Gasteiger partial charge in [-0.2, -0.15) is 0 Å². The minimum Gasteiger partial charge on any atom is -0.235 e. The monoisotopic (exact) mass is 308 g/mol. The largest absolute Gasteiger partial charge is 0.260 e. The molecule has 0 aliphatic rings. The molecular formula is C8H13BrN4O2S. The van der Waals surface area contributed by atoms with Crippen LogP contribution in [0.2, 0.25) is 0 Å². The lowest BCUT2D eigenvalue weighted by molar-refractivity contribution is 0.564. The van der Waals surface area contributed by atoms with Crippen LogP contribution in [0, 0.1) is 0 Å². The van der Waals surface area contributed by atoms with Crippen molar-refractivity contribution in [2.75, 3.05) is 6.54 Å².